The van der Waals surface area contributed by atoms with Gasteiger partial charge in [-0.1, -0.05) is 32.0 Å². The van der Waals surface area contributed by atoms with E-state index in [1.807, 2.05) is 6.07 Å². The Morgan fingerprint density at radius 1 is 1.22 bits per heavy atom. The molecular formula is C15H17BrN2. The first kappa shape index (κ1) is 13.1. The lowest BCUT2D eigenvalue weighted by Crippen LogP contribution is -2.00. The Balaban J connectivity index is 2.43. The van der Waals surface area contributed by atoms with Gasteiger partial charge in [0.25, 0.3) is 0 Å². The van der Waals surface area contributed by atoms with Crippen LogP contribution in [-0.4, -0.2) is 4.98 Å². The fourth-order valence-corrected chi connectivity index (χ4v) is 2.30. The zero-order valence-corrected chi connectivity index (χ0v) is 12.5. The number of halogens is 1. The molecule has 0 amide bonds. The number of rotatable bonds is 3. The molecule has 3 heteroatoms. The average Bonchev–Trinajstić information content (AvgIpc) is 2.34. The summed E-state index contributed by atoms with van der Waals surface area (Å²) in [5.41, 5.74) is 4.82. The molecule has 0 fully saturated rings. The summed E-state index contributed by atoms with van der Waals surface area (Å²) in [5, 5.41) is 3.50. The molecule has 1 aromatic carbocycles. The van der Waals surface area contributed by atoms with Gasteiger partial charge < -0.3 is 5.32 Å². The van der Waals surface area contributed by atoms with Gasteiger partial charge in [-0.05, 0) is 46.0 Å². The maximum absolute atomic E-state index is 4.08. The van der Waals surface area contributed by atoms with Gasteiger partial charge in [-0.2, -0.15) is 0 Å². The Hall–Kier alpha value is -1.35. The monoisotopic (exact) mass is 304 g/mol. The van der Waals surface area contributed by atoms with E-state index in [2.05, 4.69) is 65.2 Å². The highest BCUT2D eigenvalue weighted by atomic mass is 79.9. The third-order valence-electron chi connectivity index (χ3n) is 2.96. The largest absolute Gasteiger partial charge is 0.354 e. The number of benzene rings is 1. The quantitative estimate of drug-likeness (QED) is 0.861. The smallest absolute Gasteiger partial charge is 0.0593 e. The molecular weight excluding hydrogens is 288 g/mol. The van der Waals surface area contributed by atoms with Crippen LogP contribution in [0.3, 0.4) is 0 Å². The second kappa shape index (κ2) is 5.53. The van der Waals surface area contributed by atoms with Crippen molar-refractivity contribution < 1.29 is 0 Å². The van der Waals surface area contributed by atoms with E-state index in [-0.39, 0.29) is 0 Å². The number of anilines is 2. The summed E-state index contributed by atoms with van der Waals surface area (Å²) >= 11 is 3.51. The van der Waals surface area contributed by atoms with Gasteiger partial charge in [-0.15, -0.1) is 0 Å². The molecule has 0 aliphatic rings. The molecule has 0 spiro atoms. The predicted molar refractivity (Wildman–Crippen MR) is 80.5 cm³/mol. The van der Waals surface area contributed by atoms with Crippen LogP contribution in [0.25, 0.3) is 0 Å². The Morgan fingerprint density at radius 3 is 2.67 bits per heavy atom. The molecule has 18 heavy (non-hydrogen) atoms. The summed E-state index contributed by atoms with van der Waals surface area (Å²) in [4.78, 5) is 4.08. The molecule has 0 radical (unpaired) electrons. The first-order valence-electron chi connectivity index (χ1n) is 6.05. The molecule has 0 aliphatic heterocycles. The van der Waals surface area contributed by atoms with Crippen LogP contribution in [0.15, 0.2) is 41.1 Å². The molecule has 2 aromatic rings. The molecule has 0 atom stereocenters. The number of pyridine rings is 1. The van der Waals surface area contributed by atoms with Crippen molar-refractivity contribution in [2.45, 2.75) is 26.7 Å². The maximum Gasteiger partial charge on any atom is 0.0593 e. The zero-order chi connectivity index (χ0) is 13.1. The second-order valence-corrected chi connectivity index (χ2v) is 5.53. The van der Waals surface area contributed by atoms with Crippen LogP contribution in [0, 0.1) is 6.92 Å². The van der Waals surface area contributed by atoms with E-state index in [4.69, 9.17) is 0 Å². The molecule has 0 unspecified atom stereocenters. The summed E-state index contributed by atoms with van der Waals surface area (Å²) in [7, 11) is 0. The van der Waals surface area contributed by atoms with Gasteiger partial charge in [0.1, 0.15) is 0 Å². The summed E-state index contributed by atoms with van der Waals surface area (Å²) in [6.45, 7) is 6.55. The van der Waals surface area contributed by atoms with Crippen molar-refractivity contribution in [2.24, 2.45) is 0 Å². The fourth-order valence-electron chi connectivity index (χ4n) is 1.95. The van der Waals surface area contributed by atoms with Crippen LogP contribution in [0.2, 0.25) is 0 Å². The molecule has 0 bridgehead atoms. The first-order chi connectivity index (χ1) is 8.59. The normalized spacial score (nSPS) is 10.7. The highest BCUT2D eigenvalue weighted by Gasteiger charge is 2.10. The SMILES string of the molecule is Cc1cccc(C(C)C)c1Nc1ccncc1Br. The van der Waals surface area contributed by atoms with Crippen molar-refractivity contribution in [3.63, 3.8) is 0 Å². The van der Waals surface area contributed by atoms with Crippen molar-refractivity contribution >= 4 is 27.3 Å². The van der Waals surface area contributed by atoms with E-state index in [9.17, 15) is 0 Å². The van der Waals surface area contributed by atoms with Crippen LogP contribution in [-0.2, 0) is 0 Å². The molecule has 0 saturated carbocycles. The number of nitrogens with zero attached hydrogens (tertiary/aromatic N) is 1. The van der Waals surface area contributed by atoms with E-state index >= 15 is 0 Å². The Labute approximate surface area is 117 Å². The number of para-hydroxylation sites is 1. The minimum atomic E-state index is 0.494. The maximum atomic E-state index is 4.08. The van der Waals surface area contributed by atoms with Crippen molar-refractivity contribution in [1.82, 2.24) is 4.98 Å². The number of hydrogen-bond acceptors (Lipinski definition) is 2. The number of aryl methyl sites for hydroxylation is 1. The average molecular weight is 305 g/mol. The Bertz CT molecular complexity index is 550. The van der Waals surface area contributed by atoms with Crippen molar-refractivity contribution in [3.8, 4) is 0 Å². The van der Waals surface area contributed by atoms with Crippen molar-refractivity contribution in [1.29, 1.82) is 0 Å². The molecule has 0 saturated heterocycles. The van der Waals surface area contributed by atoms with Crippen molar-refractivity contribution in [2.75, 3.05) is 5.32 Å². The summed E-state index contributed by atoms with van der Waals surface area (Å²) in [5.74, 6) is 0.494. The number of nitrogens with one attached hydrogen (secondary N) is 1. The van der Waals surface area contributed by atoms with Crippen LogP contribution in [0.5, 0.6) is 0 Å². The summed E-state index contributed by atoms with van der Waals surface area (Å²) in [6.07, 6.45) is 3.59. The molecule has 1 N–H and O–H groups in total. The van der Waals surface area contributed by atoms with Gasteiger partial charge in [0.05, 0.1) is 10.2 Å². The molecule has 1 aromatic heterocycles. The lowest BCUT2D eigenvalue weighted by atomic mass is 9.98. The van der Waals surface area contributed by atoms with Crippen LogP contribution in [0.4, 0.5) is 11.4 Å². The van der Waals surface area contributed by atoms with Crippen molar-refractivity contribution in [3.05, 3.63) is 52.3 Å². The van der Waals surface area contributed by atoms with Crippen LogP contribution < -0.4 is 5.32 Å². The Kier molecular flexibility index (Phi) is 4.02. The third kappa shape index (κ3) is 2.72. The van der Waals surface area contributed by atoms with Gasteiger partial charge in [0.15, 0.2) is 0 Å². The predicted octanol–water partition coefficient (Wildman–Crippen LogP) is 5.02. The van der Waals surface area contributed by atoms with E-state index < -0.39 is 0 Å². The highest BCUT2D eigenvalue weighted by Crippen LogP contribution is 2.32. The van der Waals surface area contributed by atoms with Gasteiger partial charge in [0.2, 0.25) is 0 Å². The van der Waals surface area contributed by atoms with Gasteiger partial charge in [-0.25, -0.2) is 0 Å². The highest BCUT2D eigenvalue weighted by molar-refractivity contribution is 9.10. The summed E-state index contributed by atoms with van der Waals surface area (Å²) < 4.78 is 0.975. The minimum Gasteiger partial charge on any atom is -0.354 e. The van der Waals surface area contributed by atoms with Crippen LogP contribution >= 0.6 is 15.9 Å². The molecule has 2 nitrogen and oxygen atoms in total. The third-order valence-corrected chi connectivity index (χ3v) is 3.59. The van der Waals surface area contributed by atoms with E-state index in [1.165, 1.54) is 16.8 Å². The topological polar surface area (TPSA) is 24.9 Å². The lowest BCUT2D eigenvalue weighted by molar-refractivity contribution is 0.867. The Morgan fingerprint density at radius 2 is 2.00 bits per heavy atom. The molecule has 0 aliphatic carbocycles. The van der Waals surface area contributed by atoms with Crippen LogP contribution in [0.1, 0.15) is 30.9 Å². The summed E-state index contributed by atoms with van der Waals surface area (Å²) in [6, 6.07) is 8.39. The first-order valence-corrected chi connectivity index (χ1v) is 6.85. The molecule has 94 valence electrons. The van der Waals surface area contributed by atoms with Gasteiger partial charge in [0, 0.05) is 18.1 Å². The van der Waals surface area contributed by atoms with Gasteiger partial charge in [-0.3, -0.25) is 4.98 Å². The molecule has 1 heterocycles. The minimum absolute atomic E-state index is 0.494. The van der Waals surface area contributed by atoms with E-state index in [1.54, 1.807) is 12.4 Å². The second-order valence-electron chi connectivity index (χ2n) is 4.67. The fraction of sp³-hybridized carbons (Fsp3) is 0.267. The van der Waals surface area contributed by atoms with E-state index in [0.717, 1.165) is 10.2 Å². The van der Waals surface area contributed by atoms with Gasteiger partial charge >= 0.3 is 0 Å². The zero-order valence-electron chi connectivity index (χ0n) is 10.9. The standard InChI is InChI=1S/C15H17BrN2/c1-10(2)12-6-4-5-11(3)15(12)18-14-7-8-17-9-13(14)16/h4-10H,1-3H3,(H,17,18). The lowest BCUT2D eigenvalue weighted by Gasteiger charge is -2.17. The molecule has 2 rings (SSSR count). The van der Waals surface area contributed by atoms with E-state index in [0.29, 0.717) is 5.92 Å². The number of hydrogen-bond donors (Lipinski definition) is 1. The number of aromatic nitrogens is 1.